The van der Waals surface area contributed by atoms with E-state index in [0.29, 0.717) is 12.6 Å². The molecule has 0 bridgehead atoms. The third-order valence-corrected chi connectivity index (χ3v) is 4.23. The molecule has 0 radical (unpaired) electrons. The van der Waals surface area contributed by atoms with Gasteiger partial charge >= 0.3 is 0 Å². The Morgan fingerprint density at radius 1 is 1.35 bits per heavy atom. The van der Waals surface area contributed by atoms with E-state index in [4.69, 9.17) is 5.73 Å². The number of nitrogens with two attached hydrogens (primary N) is 1. The van der Waals surface area contributed by atoms with Gasteiger partial charge < -0.3 is 10.3 Å². The van der Waals surface area contributed by atoms with Crippen molar-refractivity contribution < 1.29 is 0 Å². The Bertz CT molecular complexity index is 572. The second-order valence-corrected chi connectivity index (χ2v) is 5.83. The van der Waals surface area contributed by atoms with Crippen molar-refractivity contribution in [2.75, 3.05) is 0 Å². The summed E-state index contributed by atoms with van der Waals surface area (Å²) in [4.78, 5) is 4.32. The molecule has 2 N–H and O–H groups in total. The highest BCUT2D eigenvalue weighted by Gasteiger charge is 2.29. The maximum Gasteiger partial charge on any atom is 0.191 e. The zero-order valence-corrected chi connectivity index (χ0v) is 12.4. The largest absolute Gasteiger partial charge is 0.324 e. The van der Waals surface area contributed by atoms with Crippen LogP contribution in [0, 0.1) is 0 Å². The van der Waals surface area contributed by atoms with Crippen LogP contribution in [-0.2, 0) is 18.8 Å². The van der Waals surface area contributed by atoms with Crippen LogP contribution in [0.5, 0.6) is 0 Å². The smallest absolute Gasteiger partial charge is 0.191 e. The van der Waals surface area contributed by atoms with E-state index < -0.39 is 0 Å². The van der Waals surface area contributed by atoms with Gasteiger partial charge in [0.05, 0.1) is 12.3 Å². The molecular weight excluding hydrogens is 274 g/mol. The number of hydrogen-bond donors (Lipinski definition) is 1. The standard InChI is InChI=1S/C12H19N7S/c1-2-5-18-11(14-8-15-18)7-20-12-17-16-10(6-13)19(12)9-3-4-9/h8-9H,2-7,13H2,1H3. The van der Waals surface area contributed by atoms with Crippen molar-refractivity contribution >= 4 is 11.8 Å². The van der Waals surface area contributed by atoms with Crippen molar-refractivity contribution in [2.45, 2.75) is 56.2 Å². The summed E-state index contributed by atoms with van der Waals surface area (Å²) in [5.74, 6) is 2.62. The maximum atomic E-state index is 5.72. The lowest BCUT2D eigenvalue weighted by atomic mass is 10.5. The van der Waals surface area contributed by atoms with Crippen molar-refractivity contribution in [3.63, 3.8) is 0 Å². The number of hydrogen-bond acceptors (Lipinski definition) is 6. The summed E-state index contributed by atoms with van der Waals surface area (Å²) in [6.45, 7) is 3.48. The van der Waals surface area contributed by atoms with Gasteiger partial charge in [0.25, 0.3) is 0 Å². The molecule has 1 fully saturated rings. The number of thioether (sulfide) groups is 1. The van der Waals surface area contributed by atoms with Crippen molar-refractivity contribution in [3.8, 4) is 0 Å². The van der Waals surface area contributed by atoms with Gasteiger partial charge in [0.2, 0.25) is 0 Å². The van der Waals surface area contributed by atoms with Crippen molar-refractivity contribution in [1.29, 1.82) is 0 Å². The van der Waals surface area contributed by atoms with Gasteiger partial charge in [-0.1, -0.05) is 18.7 Å². The Balaban J connectivity index is 1.72. The lowest BCUT2D eigenvalue weighted by molar-refractivity contribution is 0.581. The van der Waals surface area contributed by atoms with Crippen molar-refractivity contribution in [3.05, 3.63) is 18.0 Å². The van der Waals surface area contributed by atoms with Gasteiger partial charge in [0.15, 0.2) is 5.16 Å². The van der Waals surface area contributed by atoms with E-state index in [2.05, 4.69) is 31.8 Å². The molecule has 0 atom stereocenters. The Hall–Kier alpha value is -1.41. The SMILES string of the molecule is CCCn1ncnc1CSc1nnc(CN)n1C1CC1. The molecule has 0 spiro atoms. The third kappa shape index (κ3) is 2.71. The first-order chi connectivity index (χ1) is 9.83. The maximum absolute atomic E-state index is 5.72. The number of rotatable bonds is 7. The van der Waals surface area contributed by atoms with E-state index in [1.165, 1.54) is 12.8 Å². The number of nitrogens with zero attached hydrogens (tertiary/aromatic N) is 6. The van der Waals surface area contributed by atoms with Gasteiger partial charge in [-0.3, -0.25) is 0 Å². The topological polar surface area (TPSA) is 87.4 Å². The molecule has 8 heteroatoms. The molecule has 2 aromatic rings. The van der Waals surface area contributed by atoms with Gasteiger partial charge in [-0.2, -0.15) is 5.10 Å². The normalized spacial score (nSPS) is 14.9. The minimum atomic E-state index is 0.441. The predicted molar refractivity (Wildman–Crippen MR) is 76.1 cm³/mol. The average Bonchev–Trinajstić information content (AvgIpc) is 3.06. The highest BCUT2D eigenvalue weighted by Crippen LogP contribution is 2.39. The second-order valence-electron chi connectivity index (χ2n) is 4.89. The van der Waals surface area contributed by atoms with Crippen LogP contribution in [0.3, 0.4) is 0 Å². The van der Waals surface area contributed by atoms with E-state index in [0.717, 1.165) is 35.5 Å². The summed E-state index contributed by atoms with van der Waals surface area (Å²) in [5, 5.41) is 13.6. The van der Waals surface area contributed by atoms with Crippen LogP contribution in [0.1, 0.15) is 43.9 Å². The molecule has 0 aromatic carbocycles. The van der Waals surface area contributed by atoms with Crippen molar-refractivity contribution in [2.24, 2.45) is 5.73 Å². The van der Waals surface area contributed by atoms with Gasteiger partial charge in [-0.15, -0.1) is 10.2 Å². The van der Waals surface area contributed by atoms with E-state index in [1.807, 2.05) is 4.68 Å². The molecule has 1 saturated carbocycles. The first-order valence-electron chi connectivity index (χ1n) is 6.96. The zero-order valence-electron chi connectivity index (χ0n) is 11.6. The minimum Gasteiger partial charge on any atom is -0.324 e. The number of aromatic nitrogens is 6. The summed E-state index contributed by atoms with van der Waals surface area (Å²) in [6, 6.07) is 0.541. The Labute approximate surface area is 122 Å². The molecule has 2 heterocycles. The first-order valence-corrected chi connectivity index (χ1v) is 7.95. The highest BCUT2D eigenvalue weighted by atomic mass is 32.2. The summed E-state index contributed by atoms with van der Waals surface area (Å²) in [7, 11) is 0. The van der Waals surface area contributed by atoms with E-state index in [-0.39, 0.29) is 0 Å². The number of aryl methyl sites for hydroxylation is 1. The summed E-state index contributed by atoms with van der Waals surface area (Å²) >= 11 is 1.66. The highest BCUT2D eigenvalue weighted by molar-refractivity contribution is 7.98. The fraction of sp³-hybridized carbons (Fsp3) is 0.667. The fourth-order valence-corrected chi connectivity index (χ4v) is 3.15. The van der Waals surface area contributed by atoms with Gasteiger partial charge in [-0.25, -0.2) is 9.67 Å². The molecule has 0 unspecified atom stereocenters. The lowest BCUT2D eigenvalue weighted by Crippen LogP contribution is -2.08. The van der Waals surface area contributed by atoms with Crippen LogP contribution in [0.2, 0.25) is 0 Å². The molecule has 1 aliphatic carbocycles. The molecule has 2 aromatic heterocycles. The van der Waals surface area contributed by atoms with Crippen LogP contribution in [0.15, 0.2) is 11.5 Å². The van der Waals surface area contributed by atoms with E-state index >= 15 is 0 Å². The van der Waals surface area contributed by atoms with E-state index in [1.54, 1.807) is 18.1 Å². The van der Waals surface area contributed by atoms with Gasteiger partial charge in [0.1, 0.15) is 18.0 Å². The van der Waals surface area contributed by atoms with Crippen LogP contribution in [0.25, 0.3) is 0 Å². The first kappa shape index (κ1) is 13.6. The van der Waals surface area contributed by atoms with Crippen LogP contribution in [0.4, 0.5) is 0 Å². The summed E-state index contributed by atoms with van der Waals surface area (Å²) in [6.07, 6.45) is 5.06. The average molecular weight is 293 g/mol. The molecule has 108 valence electrons. The molecule has 7 nitrogen and oxygen atoms in total. The Kier molecular flexibility index (Phi) is 4.02. The molecule has 20 heavy (non-hydrogen) atoms. The zero-order chi connectivity index (χ0) is 13.9. The Morgan fingerprint density at radius 3 is 2.90 bits per heavy atom. The molecule has 3 rings (SSSR count). The van der Waals surface area contributed by atoms with Crippen LogP contribution >= 0.6 is 11.8 Å². The van der Waals surface area contributed by atoms with Crippen LogP contribution < -0.4 is 5.73 Å². The predicted octanol–water partition coefficient (Wildman–Crippen LogP) is 1.37. The molecule has 0 saturated heterocycles. The molecule has 1 aliphatic rings. The van der Waals surface area contributed by atoms with Crippen LogP contribution in [-0.4, -0.2) is 29.5 Å². The summed E-state index contributed by atoms with van der Waals surface area (Å²) in [5.41, 5.74) is 5.72. The minimum absolute atomic E-state index is 0.441. The van der Waals surface area contributed by atoms with Gasteiger partial charge in [0, 0.05) is 12.6 Å². The Morgan fingerprint density at radius 2 is 2.20 bits per heavy atom. The molecular formula is C12H19N7S. The van der Waals surface area contributed by atoms with E-state index in [9.17, 15) is 0 Å². The lowest BCUT2D eigenvalue weighted by Gasteiger charge is -2.07. The summed E-state index contributed by atoms with van der Waals surface area (Å²) < 4.78 is 4.14. The quantitative estimate of drug-likeness (QED) is 0.776. The third-order valence-electron chi connectivity index (χ3n) is 3.29. The molecule has 0 amide bonds. The van der Waals surface area contributed by atoms with Gasteiger partial charge in [-0.05, 0) is 19.3 Å². The monoisotopic (exact) mass is 293 g/mol. The fourth-order valence-electron chi connectivity index (χ4n) is 2.17. The van der Waals surface area contributed by atoms with Crippen molar-refractivity contribution in [1.82, 2.24) is 29.5 Å². The second kappa shape index (κ2) is 5.92. The molecule has 0 aliphatic heterocycles.